The lowest BCUT2D eigenvalue weighted by Gasteiger charge is -2.36. The standard InChI is InChI=1S/C22H26F3N7O3/c1-14(32-17-12-27-28-21(34)19(17)15(2)29-32)13-35-11-5-18(33)30-7-9-31(10-8-30)20-16(22(23,24)25)4-3-6-26-20/h3-4,6,12,14H,5,7-11,13H2,1-2H3,(H,28,34). The summed E-state index contributed by atoms with van der Waals surface area (Å²) in [5.41, 5.74) is 0.126. The van der Waals surface area contributed by atoms with Gasteiger partial charge in [0.25, 0.3) is 5.56 Å². The highest BCUT2D eigenvalue weighted by Gasteiger charge is 2.36. The average molecular weight is 493 g/mol. The van der Waals surface area contributed by atoms with E-state index in [1.54, 1.807) is 27.6 Å². The third-order valence-electron chi connectivity index (χ3n) is 5.96. The van der Waals surface area contributed by atoms with Gasteiger partial charge in [0.1, 0.15) is 5.82 Å². The van der Waals surface area contributed by atoms with Crippen molar-refractivity contribution >= 4 is 22.6 Å². The first kappa shape index (κ1) is 24.6. The van der Waals surface area contributed by atoms with Crippen molar-refractivity contribution in [3.63, 3.8) is 0 Å². The van der Waals surface area contributed by atoms with E-state index in [1.807, 2.05) is 6.92 Å². The summed E-state index contributed by atoms with van der Waals surface area (Å²) >= 11 is 0. The largest absolute Gasteiger partial charge is 0.419 e. The van der Waals surface area contributed by atoms with Crippen LogP contribution in [0.25, 0.3) is 10.9 Å². The number of pyridine rings is 1. The maximum Gasteiger partial charge on any atom is 0.419 e. The first-order valence-corrected chi connectivity index (χ1v) is 11.2. The topological polar surface area (TPSA) is 109 Å². The zero-order valence-electron chi connectivity index (χ0n) is 19.4. The molecule has 1 fully saturated rings. The molecule has 1 aliphatic heterocycles. The summed E-state index contributed by atoms with van der Waals surface area (Å²) in [7, 11) is 0. The van der Waals surface area contributed by atoms with Crippen molar-refractivity contribution in [3.8, 4) is 0 Å². The molecule has 188 valence electrons. The van der Waals surface area contributed by atoms with Crippen molar-refractivity contribution < 1.29 is 22.7 Å². The summed E-state index contributed by atoms with van der Waals surface area (Å²) in [6, 6.07) is 2.09. The molecule has 4 heterocycles. The molecule has 0 saturated carbocycles. The fourth-order valence-corrected chi connectivity index (χ4v) is 4.19. The Balaban J connectivity index is 1.25. The van der Waals surface area contributed by atoms with Crippen molar-refractivity contribution in [1.29, 1.82) is 0 Å². The number of piperazine rings is 1. The van der Waals surface area contributed by atoms with Gasteiger partial charge in [-0.3, -0.25) is 14.3 Å². The Hall–Kier alpha value is -3.48. The number of nitrogens with one attached hydrogen (secondary N) is 1. The number of H-pyrrole nitrogens is 1. The van der Waals surface area contributed by atoms with Crippen LogP contribution in [0.5, 0.6) is 0 Å². The number of aromatic amines is 1. The monoisotopic (exact) mass is 493 g/mol. The average Bonchev–Trinajstić information content (AvgIpc) is 3.19. The molecule has 1 atom stereocenters. The van der Waals surface area contributed by atoms with E-state index < -0.39 is 11.7 Å². The van der Waals surface area contributed by atoms with Gasteiger partial charge in [-0.2, -0.15) is 23.4 Å². The lowest BCUT2D eigenvalue weighted by Crippen LogP contribution is -2.49. The van der Waals surface area contributed by atoms with Crippen LogP contribution in [0.4, 0.5) is 19.0 Å². The number of nitrogens with zero attached hydrogens (tertiary/aromatic N) is 6. The second kappa shape index (κ2) is 10.0. The number of amides is 1. The third kappa shape index (κ3) is 5.29. The Labute approximate surface area is 198 Å². The molecule has 0 spiro atoms. The quantitative estimate of drug-likeness (QED) is 0.503. The van der Waals surface area contributed by atoms with Crippen molar-refractivity contribution in [2.75, 3.05) is 44.3 Å². The summed E-state index contributed by atoms with van der Waals surface area (Å²) < 4.78 is 47.2. The Morgan fingerprint density at radius 2 is 2.00 bits per heavy atom. The molecule has 1 unspecified atom stereocenters. The molecule has 1 amide bonds. The highest BCUT2D eigenvalue weighted by Crippen LogP contribution is 2.35. The number of halogens is 3. The van der Waals surface area contributed by atoms with Gasteiger partial charge in [-0.25, -0.2) is 10.1 Å². The lowest BCUT2D eigenvalue weighted by molar-refractivity contribution is -0.137. The van der Waals surface area contributed by atoms with Crippen LogP contribution in [-0.4, -0.2) is 75.2 Å². The number of aryl methyl sites for hydroxylation is 1. The number of carbonyl (C=O) groups is 1. The van der Waals surface area contributed by atoms with E-state index in [4.69, 9.17) is 4.74 Å². The third-order valence-corrected chi connectivity index (χ3v) is 5.96. The van der Waals surface area contributed by atoms with E-state index in [1.165, 1.54) is 12.3 Å². The maximum absolute atomic E-state index is 13.3. The van der Waals surface area contributed by atoms with Crippen LogP contribution in [0.3, 0.4) is 0 Å². The van der Waals surface area contributed by atoms with Crippen LogP contribution in [0.1, 0.15) is 30.6 Å². The molecule has 0 bridgehead atoms. The van der Waals surface area contributed by atoms with Gasteiger partial charge in [-0.15, -0.1) is 0 Å². The molecule has 3 aromatic heterocycles. The van der Waals surface area contributed by atoms with Gasteiger partial charge in [0.15, 0.2) is 0 Å². The molecule has 0 aliphatic carbocycles. The molecule has 1 aliphatic rings. The zero-order chi connectivity index (χ0) is 25.2. The van der Waals surface area contributed by atoms with E-state index in [2.05, 4.69) is 20.3 Å². The number of aromatic nitrogens is 5. The van der Waals surface area contributed by atoms with Crippen molar-refractivity contribution in [1.82, 2.24) is 29.9 Å². The first-order chi connectivity index (χ1) is 16.7. The molecule has 35 heavy (non-hydrogen) atoms. The van der Waals surface area contributed by atoms with E-state index in [-0.39, 0.29) is 56.1 Å². The number of fused-ring (bicyclic) bond motifs is 1. The Bertz CT molecular complexity index is 1250. The minimum Gasteiger partial charge on any atom is -0.379 e. The highest BCUT2D eigenvalue weighted by atomic mass is 19.4. The molecule has 0 radical (unpaired) electrons. The van der Waals surface area contributed by atoms with Crippen LogP contribution in [0, 0.1) is 6.92 Å². The number of anilines is 1. The fourth-order valence-electron chi connectivity index (χ4n) is 4.19. The molecular formula is C22H26F3N7O3. The Morgan fingerprint density at radius 3 is 2.71 bits per heavy atom. The highest BCUT2D eigenvalue weighted by molar-refractivity contribution is 5.79. The predicted octanol–water partition coefficient (Wildman–Crippen LogP) is 2.16. The van der Waals surface area contributed by atoms with Gasteiger partial charge in [-0.05, 0) is 26.0 Å². The minimum atomic E-state index is -4.49. The number of carbonyl (C=O) groups excluding carboxylic acids is 1. The SMILES string of the molecule is Cc1nn(C(C)COCCC(=O)N2CCN(c3ncccc3C(F)(F)F)CC2)c2cn[nH]c(=O)c12. The number of ether oxygens (including phenoxy) is 1. The van der Waals surface area contributed by atoms with Crippen molar-refractivity contribution in [2.45, 2.75) is 32.5 Å². The van der Waals surface area contributed by atoms with Crippen LogP contribution < -0.4 is 10.5 Å². The number of hydrogen-bond donors (Lipinski definition) is 1. The number of alkyl halides is 3. The summed E-state index contributed by atoms with van der Waals surface area (Å²) in [6.07, 6.45) is -1.45. The van der Waals surface area contributed by atoms with Gasteiger partial charge in [0.05, 0.1) is 54.0 Å². The van der Waals surface area contributed by atoms with Crippen LogP contribution in [-0.2, 0) is 15.7 Å². The zero-order valence-corrected chi connectivity index (χ0v) is 19.4. The van der Waals surface area contributed by atoms with Crippen LogP contribution >= 0.6 is 0 Å². The Morgan fingerprint density at radius 1 is 1.26 bits per heavy atom. The van der Waals surface area contributed by atoms with Gasteiger partial charge in [-0.1, -0.05) is 0 Å². The van der Waals surface area contributed by atoms with Crippen LogP contribution in [0.15, 0.2) is 29.3 Å². The summed E-state index contributed by atoms with van der Waals surface area (Å²) in [6.45, 7) is 5.26. The fraction of sp³-hybridized carbons (Fsp3) is 0.500. The second-order valence-electron chi connectivity index (χ2n) is 8.40. The predicted molar refractivity (Wildman–Crippen MR) is 121 cm³/mol. The van der Waals surface area contributed by atoms with Crippen molar-refractivity contribution in [3.05, 3.63) is 46.1 Å². The van der Waals surface area contributed by atoms with E-state index in [0.717, 1.165) is 6.07 Å². The second-order valence-corrected chi connectivity index (χ2v) is 8.40. The summed E-state index contributed by atoms with van der Waals surface area (Å²) in [4.78, 5) is 31.6. The van der Waals surface area contributed by atoms with Gasteiger partial charge in [0.2, 0.25) is 5.91 Å². The number of hydrogen-bond acceptors (Lipinski definition) is 7. The lowest BCUT2D eigenvalue weighted by atomic mass is 10.2. The van der Waals surface area contributed by atoms with Gasteiger partial charge >= 0.3 is 6.18 Å². The number of rotatable bonds is 7. The molecule has 4 rings (SSSR count). The smallest absolute Gasteiger partial charge is 0.379 e. The van der Waals surface area contributed by atoms with Gasteiger partial charge < -0.3 is 14.5 Å². The molecular weight excluding hydrogens is 467 g/mol. The molecule has 10 nitrogen and oxygen atoms in total. The van der Waals surface area contributed by atoms with Crippen LogP contribution in [0.2, 0.25) is 0 Å². The minimum absolute atomic E-state index is 0.108. The van der Waals surface area contributed by atoms with Gasteiger partial charge in [0, 0.05) is 32.4 Å². The van der Waals surface area contributed by atoms with Crippen molar-refractivity contribution in [2.24, 2.45) is 0 Å². The molecule has 1 saturated heterocycles. The summed E-state index contributed by atoms with van der Waals surface area (Å²) in [5.74, 6) is -0.228. The maximum atomic E-state index is 13.3. The Kier molecular flexibility index (Phi) is 7.05. The molecule has 0 aromatic carbocycles. The molecule has 1 N–H and O–H groups in total. The normalized spacial score (nSPS) is 15.6. The first-order valence-electron chi connectivity index (χ1n) is 11.2. The molecule has 3 aromatic rings. The molecule has 13 heteroatoms. The van der Waals surface area contributed by atoms with E-state index >= 15 is 0 Å². The van der Waals surface area contributed by atoms with E-state index in [9.17, 15) is 22.8 Å². The summed E-state index contributed by atoms with van der Waals surface area (Å²) in [5, 5.41) is 11.1. The van der Waals surface area contributed by atoms with E-state index in [0.29, 0.717) is 29.7 Å².